The average molecular weight is 213 g/mol. The van der Waals surface area contributed by atoms with E-state index in [2.05, 4.69) is 6.07 Å². The number of aliphatic hydroxyl groups is 1. The Morgan fingerprint density at radius 2 is 1.81 bits per heavy atom. The Bertz CT molecular complexity index is 411. The molecule has 0 amide bonds. The predicted octanol–water partition coefficient (Wildman–Crippen LogP) is 2.60. The fourth-order valence-electron chi connectivity index (χ4n) is 1.41. The smallest absolute Gasteiger partial charge is 0.127 e. The third-order valence-corrected chi connectivity index (χ3v) is 2.26. The van der Waals surface area contributed by atoms with Crippen molar-refractivity contribution in [2.45, 2.75) is 6.10 Å². The standard InChI is InChI=1S/C14H13O2/c15-14(12-7-3-1-4-8-12)11-16-13-9-5-2-6-10-13/h1-9,14-15H,11H2. The first kappa shape index (κ1) is 10.7. The van der Waals surface area contributed by atoms with Crippen LogP contribution < -0.4 is 4.74 Å². The van der Waals surface area contributed by atoms with Crippen molar-refractivity contribution in [3.8, 4) is 5.75 Å². The Hall–Kier alpha value is -1.80. The van der Waals surface area contributed by atoms with E-state index < -0.39 is 6.10 Å². The topological polar surface area (TPSA) is 29.5 Å². The van der Waals surface area contributed by atoms with Crippen molar-refractivity contribution in [2.75, 3.05) is 6.61 Å². The van der Waals surface area contributed by atoms with Crippen LogP contribution >= 0.6 is 0 Å². The monoisotopic (exact) mass is 213 g/mol. The highest BCUT2D eigenvalue weighted by molar-refractivity contribution is 5.20. The van der Waals surface area contributed by atoms with Gasteiger partial charge in [0.25, 0.3) is 0 Å². The van der Waals surface area contributed by atoms with Crippen LogP contribution in [0.2, 0.25) is 0 Å². The van der Waals surface area contributed by atoms with E-state index >= 15 is 0 Å². The summed E-state index contributed by atoms with van der Waals surface area (Å²) in [5.74, 6) is 0.650. The van der Waals surface area contributed by atoms with Crippen LogP contribution in [-0.4, -0.2) is 11.7 Å². The zero-order valence-electron chi connectivity index (χ0n) is 8.84. The third-order valence-electron chi connectivity index (χ3n) is 2.26. The van der Waals surface area contributed by atoms with Crippen LogP contribution in [0.15, 0.2) is 54.6 Å². The van der Waals surface area contributed by atoms with Gasteiger partial charge >= 0.3 is 0 Å². The molecule has 1 unspecified atom stereocenters. The minimum absolute atomic E-state index is 0.241. The first-order chi connectivity index (χ1) is 7.86. The van der Waals surface area contributed by atoms with Crippen LogP contribution in [0.25, 0.3) is 0 Å². The maximum Gasteiger partial charge on any atom is 0.127 e. The summed E-state index contributed by atoms with van der Waals surface area (Å²) in [6.07, 6.45) is -0.602. The molecular formula is C14H13O2. The molecule has 0 aromatic heterocycles. The zero-order chi connectivity index (χ0) is 11.2. The van der Waals surface area contributed by atoms with E-state index in [1.807, 2.05) is 48.5 Å². The second-order valence-electron chi connectivity index (χ2n) is 3.46. The lowest BCUT2D eigenvalue weighted by molar-refractivity contribution is 0.108. The van der Waals surface area contributed by atoms with E-state index in [4.69, 9.17) is 4.74 Å². The van der Waals surface area contributed by atoms with Gasteiger partial charge in [-0.1, -0.05) is 48.5 Å². The highest BCUT2D eigenvalue weighted by Crippen LogP contribution is 2.15. The van der Waals surface area contributed by atoms with Crippen molar-refractivity contribution in [3.63, 3.8) is 0 Å². The summed E-state index contributed by atoms with van der Waals surface area (Å²) in [5, 5.41) is 9.84. The highest BCUT2D eigenvalue weighted by atomic mass is 16.5. The molecule has 1 radical (unpaired) electrons. The second-order valence-corrected chi connectivity index (χ2v) is 3.46. The van der Waals surface area contributed by atoms with Gasteiger partial charge in [0.1, 0.15) is 18.5 Å². The Balaban J connectivity index is 1.92. The number of rotatable bonds is 4. The summed E-state index contributed by atoms with van der Waals surface area (Å²) >= 11 is 0. The molecule has 0 bridgehead atoms. The lowest BCUT2D eigenvalue weighted by atomic mass is 10.1. The lowest BCUT2D eigenvalue weighted by Crippen LogP contribution is -2.09. The summed E-state index contributed by atoms with van der Waals surface area (Å²) in [7, 11) is 0. The van der Waals surface area contributed by atoms with Crippen molar-refractivity contribution in [2.24, 2.45) is 0 Å². The van der Waals surface area contributed by atoms with Gasteiger partial charge in [0.05, 0.1) is 0 Å². The van der Waals surface area contributed by atoms with E-state index in [0.717, 1.165) is 5.56 Å². The molecule has 2 heteroatoms. The van der Waals surface area contributed by atoms with Crippen molar-refractivity contribution in [1.82, 2.24) is 0 Å². The average Bonchev–Trinajstić information content (AvgIpc) is 2.38. The first-order valence-electron chi connectivity index (χ1n) is 5.19. The summed E-state index contributed by atoms with van der Waals surface area (Å²) in [5.41, 5.74) is 0.860. The summed E-state index contributed by atoms with van der Waals surface area (Å²) in [6.45, 7) is 0.241. The van der Waals surface area contributed by atoms with Crippen LogP contribution in [0.4, 0.5) is 0 Å². The fraction of sp³-hybridized carbons (Fsp3) is 0.143. The van der Waals surface area contributed by atoms with Gasteiger partial charge in [-0.15, -0.1) is 0 Å². The normalized spacial score (nSPS) is 12.1. The molecule has 2 aromatic rings. The van der Waals surface area contributed by atoms with E-state index in [1.165, 1.54) is 0 Å². The lowest BCUT2D eigenvalue weighted by Gasteiger charge is -2.12. The van der Waals surface area contributed by atoms with Crippen LogP contribution in [0.5, 0.6) is 5.75 Å². The number of para-hydroxylation sites is 1. The fourth-order valence-corrected chi connectivity index (χ4v) is 1.41. The predicted molar refractivity (Wildman–Crippen MR) is 62.2 cm³/mol. The van der Waals surface area contributed by atoms with Gasteiger partial charge in [0, 0.05) is 6.07 Å². The van der Waals surface area contributed by atoms with Gasteiger partial charge in [0.2, 0.25) is 0 Å². The summed E-state index contributed by atoms with van der Waals surface area (Å²) in [4.78, 5) is 0. The molecule has 16 heavy (non-hydrogen) atoms. The number of hydrogen-bond donors (Lipinski definition) is 1. The van der Waals surface area contributed by atoms with Crippen molar-refractivity contribution >= 4 is 0 Å². The molecule has 2 aromatic carbocycles. The Kier molecular flexibility index (Phi) is 3.57. The van der Waals surface area contributed by atoms with E-state index in [-0.39, 0.29) is 6.61 Å². The maximum atomic E-state index is 9.84. The molecule has 0 saturated heterocycles. The number of aliphatic hydroxyl groups excluding tert-OH is 1. The quantitative estimate of drug-likeness (QED) is 0.845. The second kappa shape index (κ2) is 5.33. The number of hydrogen-bond acceptors (Lipinski definition) is 2. The summed E-state index contributed by atoms with van der Waals surface area (Å²) in [6, 6.07) is 19.8. The molecule has 81 valence electrons. The van der Waals surface area contributed by atoms with Crippen molar-refractivity contribution in [3.05, 3.63) is 66.2 Å². The molecule has 0 fully saturated rings. The minimum atomic E-state index is -0.602. The van der Waals surface area contributed by atoms with Gasteiger partial charge in [-0.2, -0.15) is 0 Å². The van der Waals surface area contributed by atoms with Gasteiger partial charge in [0.15, 0.2) is 0 Å². The van der Waals surface area contributed by atoms with E-state index in [9.17, 15) is 5.11 Å². The first-order valence-corrected chi connectivity index (χ1v) is 5.19. The molecular weight excluding hydrogens is 200 g/mol. The minimum Gasteiger partial charge on any atom is -0.490 e. The molecule has 1 N–H and O–H groups in total. The molecule has 0 aliphatic rings. The Labute approximate surface area is 95.1 Å². The molecule has 0 saturated carbocycles. The third kappa shape index (κ3) is 2.84. The molecule has 1 atom stereocenters. The van der Waals surface area contributed by atoms with Crippen LogP contribution in [0, 0.1) is 6.07 Å². The number of ether oxygens (including phenoxy) is 1. The van der Waals surface area contributed by atoms with E-state index in [1.54, 1.807) is 6.07 Å². The zero-order valence-corrected chi connectivity index (χ0v) is 8.84. The molecule has 0 aliphatic heterocycles. The van der Waals surface area contributed by atoms with E-state index in [0.29, 0.717) is 5.75 Å². The largest absolute Gasteiger partial charge is 0.490 e. The van der Waals surface area contributed by atoms with Crippen molar-refractivity contribution < 1.29 is 9.84 Å². The molecule has 0 spiro atoms. The highest BCUT2D eigenvalue weighted by Gasteiger charge is 2.07. The maximum absolute atomic E-state index is 9.84. The van der Waals surface area contributed by atoms with Gasteiger partial charge < -0.3 is 9.84 Å². The van der Waals surface area contributed by atoms with Crippen molar-refractivity contribution in [1.29, 1.82) is 0 Å². The van der Waals surface area contributed by atoms with Crippen LogP contribution in [0.1, 0.15) is 11.7 Å². The number of benzene rings is 2. The van der Waals surface area contributed by atoms with Crippen LogP contribution in [-0.2, 0) is 0 Å². The molecule has 2 rings (SSSR count). The van der Waals surface area contributed by atoms with Gasteiger partial charge in [-0.3, -0.25) is 0 Å². The Morgan fingerprint density at radius 1 is 1.06 bits per heavy atom. The van der Waals surface area contributed by atoms with Gasteiger partial charge in [-0.25, -0.2) is 0 Å². The SMILES string of the molecule is OC(COc1[c]cccc1)c1ccccc1. The Morgan fingerprint density at radius 3 is 2.50 bits per heavy atom. The van der Waals surface area contributed by atoms with Gasteiger partial charge in [-0.05, 0) is 11.6 Å². The van der Waals surface area contributed by atoms with Crippen LogP contribution in [0.3, 0.4) is 0 Å². The molecule has 2 nitrogen and oxygen atoms in total. The molecule has 0 aliphatic carbocycles. The summed E-state index contributed by atoms with van der Waals surface area (Å²) < 4.78 is 5.42. The molecule has 0 heterocycles.